The van der Waals surface area contributed by atoms with Crippen molar-refractivity contribution in [2.45, 2.75) is 6.92 Å². The highest BCUT2D eigenvalue weighted by molar-refractivity contribution is 5.89. The molecule has 0 aliphatic rings. The molecule has 4 heteroatoms. The Morgan fingerprint density at radius 3 is 2.71 bits per heavy atom. The molecular weight excluding hydrogens is 216 g/mol. The van der Waals surface area contributed by atoms with Crippen molar-refractivity contribution in [3.05, 3.63) is 48.6 Å². The summed E-state index contributed by atoms with van der Waals surface area (Å²) in [6, 6.07) is 5.73. The molecule has 4 nitrogen and oxygen atoms in total. The topological polar surface area (TPSA) is 66.0 Å². The number of hydrogen-bond acceptors (Lipinski definition) is 2. The lowest BCUT2D eigenvalue weighted by Crippen LogP contribution is -1.89. The summed E-state index contributed by atoms with van der Waals surface area (Å²) in [7, 11) is 0. The molecule has 0 unspecified atom stereocenters. The van der Waals surface area contributed by atoms with Gasteiger partial charge in [-0.15, -0.1) is 0 Å². The second-order valence-electron chi connectivity index (χ2n) is 3.70. The van der Waals surface area contributed by atoms with Crippen LogP contribution >= 0.6 is 0 Å². The maximum atomic E-state index is 10.6. The fourth-order valence-electron chi connectivity index (χ4n) is 1.60. The van der Waals surface area contributed by atoms with Crippen molar-refractivity contribution in [1.29, 1.82) is 0 Å². The van der Waals surface area contributed by atoms with E-state index in [4.69, 9.17) is 5.11 Å². The number of hydrogen-bond donors (Lipinski definition) is 2. The van der Waals surface area contributed by atoms with Crippen LogP contribution in [0.3, 0.4) is 0 Å². The van der Waals surface area contributed by atoms with E-state index < -0.39 is 5.97 Å². The summed E-state index contributed by atoms with van der Waals surface area (Å²) in [5.74, 6) is -0.942. The van der Waals surface area contributed by atoms with E-state index in [1.165, 1.54) is 6.08 Å². The number of carbonyl (C=O) groups is 1. The number of aliphatic carboxylic acids is 1. The molecule has 2 N–H and O–H groups in total. The first-order valence-corrected chi connectivity index (χ1v) is 5.17. The minimum absolute atomic E-state index is 0.692. The van der Waals surface area contributed by atoms with E-state index in [2.05, 4.69) is 9.97 Å². The first kappa shape index (κ1) is 11.1. The summed E-state index contributed by atoms with van der Waals surface area (Å²) in [5, 5.41) is 8.67. The van der Waals surface area contributed by atoms with Gasteiger partial charge < -0.3 is 10.1 Å². The molecule has 0 aliphatic carbocycles. The molecule has 86 valence electrons. The molecule has 0 amide bonds. The van der Waals surface area contributed by atoms with Gasteiger partial charge in [-0.05, 0) is 41.8 Å². The molecule has 2 rings (SSSR count). The lowest BCUT2D eigenvalue weighted by molar-refractivity contribution is -0.131. The van der Waals surface area contributed by atoms with E-state index in [0.29, 0.717) is 5.57 Å². The van der Waals surface area contributed by atoms with E-state index in [9.17, 15) is 4.79 Å². The number of allylic oxidation sites excluding steroid dienone is 1. The fraction of sp³-hybridized carbons (Fsp3) is 0.0769. The second kappa shape index (κ2) is 4.65. The maximum absolute atomic E-state index is 10.6. The Morgan fingerprint density at radius 1 is 1.35 bits per heavy atom. The number of nitrogens with zero attached hydrogens (tertiary/aromatic N) is 1. The highest BCUT2D eigenvalue weighted by atomic mass is 16.4. The van der Waals surface area contributed by atoms with E-state index in [1.807, 2.05) is 24.4 Å². The molecule has 0 radical (unpaired) electrons. The third-order valence-corrected chi connectivity index (χ3v) is 2.46. The van der Waals surface area contributed by atoms with Crippen molar-refractivity contribution in [1.82, 2.24) is 9.97 Å². The van der Waals surface area contributed by atoms with E-state index in [0.717, 1.165) is 16.8 Å². The van der Waals surface area contributed by atoms with Gasteiger partial charge in [0, 0.05) is 30.4 Å². The number of pyridine rings is 1. The molecule has 2 aromatic rings. The van der Waals surface area contributed by atoms with Crippen LogP contribution in [-0.4, -0.2) is 21.0 Å². The Labute approximate surface area is 98.6 Å². The van der Waals surface area contributed by atoms with Crippen LogP contribution in [0, 0.1) is 0 Å². The zero-order valence-electron chi connectivity index (χ0n) is 9.34. The molecule has 0 saturated carbocycles. The summed E-state index contributed by atoms with van der Waals surface area (Å²) >= 11 is 0. The van der Waals surface area contributed by atoms with Crippen LogP contribution in [0.5, 0.6) is 0 Å². The van der Waals surface area contributed by atoms with Crippen LogP contribution in [0.2, 0.25) is 0 Å². The van der Waals surface area contributed by atoms with Crippen LogP contribution in [0.15, 0.2) is 42.9 Å². The van der Waals surface area contributed by atoms with Gasteiger partial charge in [-0.25, -0.2) is 4.79 Å². The molecule has 0 saturated heterocycles. The van der Waals surface area contributed by atoms with Gasteiger partial charge in [0.2, 0.25) is 0 Å². The van der Waals surface area contributed by atoms with Crippen LogP contribution in [0.4, 0.5) is 0 Å². The molecule has 2 heterocycles. The van der Waals surface area contributed by atoms with Gasteiger partial charge >= 0.3 is 5.97 Å². The molecule has 2 aromatic heterocycles. The van der Waals surface area contributed by atoms with Gasteiger partial charge in [0.15, 0.2) is 0 Å². The molecule has 0 atom stereocenters. The summed E-state index contributed by atoms with van der Waals surface area (Å²) in [4.78, 5) is 17.6. The largest absolute Gasteiger partial charge is 0.478 e. The second-order valence-corrected chi connectivity index (χ2v) is 3.70. The molecule has 0 bridgehead atoms. The Hall–Kier alpha value is -2.36. The van der Waals surface area contributed by atoms with Crippen molar-refractivity contribution in [3.63, 3.8) is 0 Å². The lowest BCUT2D eigenvalue weighted by atomic mass is 10.1. The highest BCUT2D eigenvalue weighted by Gasteiger charge is 2.04. The zero-order valence-corrected chi connectivity index (χ0v) is 9.34. The van der Waals surface area contributed by atoms with Gasteiger partial charge in [0.05, 0.1) is 0 Å². The normalized spacial score (nSPS) is 11.5. The number of nitrogens with one attached hydrogen (secondary N) is 1. The quantitative estimate of drug-likeness (QED) is 0.793. The van der Waals surface area contributed by atoms with Gasteiger partial charge in [0.25, 0.3) is 0 Å². The summed E-state index contributed by atoms with van der Waals surface area (Å²) in [6.07, 6.45) is 6.48. The first-order chi connectivity index (χ1) is 8.16. The van der Waals surface area contributed by atoms with Gasteiger partial charge in [-0.2, -0.15) is 0 Å². The van der Waals surface area contributed by atoms with Crippen molar-refractivity contribution < 1.29 is 9.90 Å². The molecule has 0 spiro atoms. The molecule has 0 aromatic carbocycles. The van der Waals surface area contributed by atoms with Crippen molar-refractivity contribution in [2.75, 3.05) is 0 Å². The predicted octanol–water partition coefficient (Wildman–Crippen LogP) is 2.56. The third-order valence-electron chi connectivity index (χ3n) is 2.46. The van der Waals surface area contributed by atoms with Crippen LogP contribution in [0.25, 0.3) is 16.7 Å². The predicted molar refractivity (Wildman–Crippen MR) is 65.3 cm³/mol. The van der Waals surface area contributed by atoms with Crippen LogP contribution < -0.4 is 0 Å². The van der Waals surface area contributed by atoms with Crippen LogP contribution in [0.1, 0.15) is 12.6 Å². The summed E-state index contributed by atoms with van der Waals surface area (Å²) < 4.78 is 0. The maximum Gasteiger partial charge on any atom is 0.328 e. The Bertz CT molecular complexity index is 556. The fourth-order valence-corrected chi connectivity index (χ4v) is 1.60. The SMILES string of the molecule is CC(=CC(=O)O)c1cc(-c2ccncc2)c[nH]1. The van der Waals surface area contributed by atoms with Crippen molar-refractivity contribution in [3.8, 4) is 11.1 Å². The Kier molecular flexibility index (Phi) is 3.05. The van der Waals surface area contributed by atoms with Crippen LogP contribution in [-0.2, 0) is 4.79 Å². The molecular formula is C13H12N2O2. The zero-order chi connectivity index (χ0) is 12.3. The van der Waals surface area contributed by atoms with E-state index >= 15 is 0 Å². The lowest BCUT2D eigenvalue weighted by Gasteiger charge is -1.95. The molecule has 17 heavy (non-hydrogen) atoms. The highest BCUT2D eigenvalue weighted by Crippen LogP contribution is 2.22. The number of H-pyrrole nitrogens is 1. The monoisotopic (exact) mass is 228 g/mol. The van der Waals surface area contributed by atoms with E-state index in [1.54, 1.807) is 19.3 Å². The number of carboxylic acid groups (broad SMARTS) is 1. The standard InChI is InChI=1S/C13H12N2O2/c1-9(6-13(16)17)12-7-11(8-15-12)10-2-4-14-5-3-10/h2-8,15H,1H3,(H,16,17). The van der Waals surface area contributed by atoms with Gasteiger partial charge in [-0.3, -0.25) is 4.98 Å². The minimum Gasteiger partial charge on any atom is -0.478 e. The number of aromatic amines is 1. The number of carboxylic acids is 1. The van der Waals surface area contributed by atoms with E-state index in [-0.39, 0.29) is 0 Å². The summed E-state index contributed by atoms with van der Waals surface area (Å²) in [6.45, 7) is 1.76. The van der Waals surface area contributed by atoms with Crippen molar-refractivity contribution in [2.24, 2.45) is 0 Å². The minimum atomic E-state index is -0.942. The number of rotatable bonds is 3. The average Bonchev–Trinajstić information content (AvgIpc) is 2.78. The Morgan fingerprint density at radius 2 is 2.06 bits per heavy atom. The molecule has 0 aliphatic heterocycles. The van der Waals surface area contributed by atoms with Gasteiger partial charge in [0.1, 0.15) is 0 Å². The number of aromatic nitrogens is 2. The van der Waals surface area contributed by atoms with Gasteiger partial charge in [-0.1, -0.05) is 0 Å². The van der Waals surface area contributed by atoms with Crippen molar-refractivity contribution >= 4 is 11.5 Å². The summed E-state index contributed by atoms with van der Waals surface area (Å²) in [5.41, 5.74) is 3.56. The average molecular weight is 228 g/mol. The first-order valence-electron chi connectivity index (χ1n) is 5.17. The third kappa shape index (κ3) is 2.60. The Balaban J connectivity index is 2.31. The smallest absolute Gasteiger partial charge is 0.328 e. The molecule has 0 fully saturated rings.